The minimum Gasteiger partial charge on any atom is -0.301 e. The molecule has 0 aliphatic carbocycles. The molecule has 0 saturated carbocycles. The molecule has 1 saturated heterocycles. The first-order chi connectivity index (χ1) is 14.3. The average Bonchev–Trinajstić information content (AvgIpc) is 3.44. The van der Waals surface area contributed by atoms with E-state index >= 15 is 0 Å². The quantitative estimate of drug-likeness (QED) is 0.471. The first-order valence-corrected chi connectivity index (χ1v) is 13.0. The second-order valence-corrected chi connectivity index (χ2v) is 12.0. The fourth-order valence-electron chi connectivity index (χ4n) is 3.18. The van der Waals surface area contributed by atoms with Crippen molar-refractivity contribution in [2.75, 3.05) is 11.9 Å². The van der Waals surface area contributed by atoms with Crippen LogP contribution < -0.4 is 5.32 Å². The molecule has 1 amide bonds. The topological polar surface area (TPSA) is 79.4 Å². The number of hydrogen-bond acceptors (Lipinski definition) is 6. The average molecular weight is 523 g/mol. The van der Waals surface area contributed by atoms with Gasteiger partial charge in [-0.1, -0.05) is 34.8 Å². The van der Waals surface area contributed by atoms with Crippen LogP contribution in [-0.4, -0.2) is 36.2 Å². The molecule has 1 atom stereocenters. The smallest absolute Gasteiger partial charge is 0.253 e. The lowest BCUT2D eigenvalue weighted by Gasteiger charge is -2.22. The summed E-state index contributed by atoms with van der Waals surface area (Å²) >= 11 is 20.3. The Bertz CT molecular complexity index is 1210. The molecule has 3 aromatic rings. The van der Waals surface area contributed by atoms with Gasteiger partial charge in [0.2, 0.25) is 5.91 Å². The number of amides is 1. The van der Waals surface area contributed by atoms with Crippen molar-refractivity contribution in [2.45, 2.75) is 23.1 Å². The Morgan fingerprint density at radius 3 is 2.73 bits per heavy atom. The van der Waals surface area contributed by atoms with Crippen molar-refractivity contribution in [1.29, 1.82) is 0 Å². The van der Waals surface area contributed by atoms with Crippen LogP contribution >= 0.6 is 57.5 Å². The molecule has 30 heavy (non-hydrogen) atoms. The zero-order valence-corrected chi connectivity index (χ0v) is 19.9. The second-order valence-electron chi connectivity index (χ2n) is 6.48. The molecule has 1 aromatic carbocycles. The Labute approximate surface area is 196 Å². The van der Waals surface area contributed by atoms with Crippen LogP contribution in [0, 0.1) is 0 Å². The number of nitrogens with one attached hydrogen (secondary N) is 1. The van der Waals surface area contributed by atoms with E-state index in [2.05, 4.69) is 10.3 Å². The largest absolute Gasteiger partial charge is 0.301 e. The van der Waals surface area contributed by atoms with E-state index < -0.39 is 22.0 Å². The lowest BCUT2D eigenvalue weighted by atomic mass is 10.2. The molecular formula is C18H14Cl3N3O3S3. The summed E-state index contributed by atoms with van der Waals surface area (Å²) in [5, 5.41) is 5.85. The zero-order valence-electron chi connectivity index (χ0n) is 15.1. The van der Waals surface area contributed by atoms with Crippen LogP contribution in [0.1, 0.15) is 12.8 Å². The van der Waals surface area contributed by atoms with Crippen molar-refractivity contribution >= 4 is 78.5 Å². The third-order valence-electron chi connectivity index (χ3n) is 4.56. The summed E-state index contributed by atoms with van der Waals surface area (Å²) in [6, 6.07) is 7.23. The third-order valence-corrected chi connectivity index (χ3v) is 9.49. The van der Waals surface area contributed by atoms with Gasteiger partial charge in [-0.3, -0.25) is 4.79 Å². The normalized spacial score (nSPS) is 17.4. The van der Waals surface area contributed by atoms with E-state index in [1.807, 2.05) is 0 Å². The van der Waals surface area contributed by atoms with E-state index in [0.717, 1.165) is 11.3 Å². The number of aromatic nitrogens is 1. The molecule has 0 radical (unpaired) electrons. The van der Waals surface area contributed by atoms with Gasteiger partial charge in [0.25, 0.3) is 10.0 Å². The number of hydrogen-bond donors (Lipinski definition) is 1. The molecule has 6 nitrogen and oxygen atoms in total. The highest BCUT2D eigenvalue weighted by atomic mass is 35.5. The fraction of sp³-hybridized carbons (Fsp3) is 0.222. The summed E-state index contributed by atoms with van der Waals surface area (Å²) in [7, 11) is -3.80. The summed E-state index contributed by atoms with van der Waals surface area (Å²) in [6.07, 6.45) is 1.03. The number of benzene rings is 1. The van der Waals surface area contributed by atoms with Crippen molar-refractivity contribution in [3.05, 3.63) is 50.1 Å². The Morgan fingerprint density at radius 2 is 2.00 bits per heavy atom. The highest BCUT2D eigenvalue weighted by molar-refractivity contribution is 7.91. The molecule has 1 aliphatic heterocycles. The summed E-state index contributed by atoms with van der Waals surface area (Å²) in [4.78, 5) is 17.3. The summed E-state index contributed by atoms with van der Waals surface area (Å²) in [5.74, 6) is -0.420. The molecule has 2 aromatic heterocycles. The number of rotatable bonds is 5. The summed E-state index contributed by atoms with van der Waals surface area (Å²) in [5.41, 5.74) is 1.23. The number of anilines is 1. The molecule has 158 valence electrons. The molecule has 1 N–H and O–H groups in total. The van der Waals surface area contributed by atoms with Gasteiger partial charge in [-0.15, -0.1) is 22.7 Å². The maximum Gasteiger partial charge on any atom is 0.253 e. The Kier molecular flexibility index (Phi) is 6.41. The molecule has 0 spiro atoms. The van der Waals surface area contributed by atoms with Gasteiger partial charge in [0, 0.05) is 22.5 Å². The first-order valence-electron chi connectivity index (χ1n) is 8.75. The number of carbonyl (C=O) groups is 1. The Balaban J connectivity index is 1.53. The van der Waals surface area contributed by atoms with Gasteiger partial charge in [0.05, 0.1) is 15.1 Å². The van der Waals surface area contributed by atoms with Crippen LogP contribution in [0.15, 0.2) is 39.9 Å². The standard InChI is InChI=1S/C18H14Cl3N3O3S3/c19-10-3-4-12(20)11(8-10)13-9-28-18(22-13)23-17(25)14-2-1-7-24(14)30(26,27)16-6-5-15(21)29-16/h3-6,8-9,14H,1-2,7H2,(H,22,23,25). The Hall–Kier alpha value is -1.20. The number of carbonyl (C=O) groups excluding carboxylic acids is 1. The van der Waals surface area contributed by atoms with E-state index in [9.17, 15) is 13.2 Å². The van der Waals surface area contributed by atoms with Crippen LogP contribution in [0.5, 0.6) is 0 Å². The first kappa shape index (κ1) is 22.0. The van der Waals surface area contributed by atoms with Crippen molar-refractivity contribution in [2.24, 2.45) is 0 Å². The van der Waals surface area contributed by atoms with Crippen LogP contribution in [0.4, 0.5) is 5.13 Å². The van der Waals surface area contributed by atoms with Gasteiger partial charge in [-0.25, -0.2) is 13.4 Å². The number of nitrogens with zero attached hydrogens (tertiary/aromatic N) is 2. The van der Waals surface area contributed by atoms with Crippen LogP contribution in [0.2, 0.25) is 14.4 Å². The third kappa shape index (κ3) is 4.38. The van der Waals surface area contributed by atoms with E-state index in [0.29, 0.717) is 43.6 Å². The van der Waals surface area contributed by atoms with Gasteiger partial charge >= 0.3 is 0 Å². The number of thiazole rings is 1. The van der Waals surface area contributed by atoms with Crippen LogP contribution in [-0.2, 0) is 14.8 Å². The molecule has 12 heteroatoms. The van der Waals surface area contributed by atoms with Gasteiger partial charge in [-0.05, 0) is 43.2 Å². The van der Waals surface area contributed by atoms with Gasteiger partial charge in [0.15, 0.2) is 5.13 Å². The van der Waals surface area contributed by atoms with Crippen LogP contribution in [0.25, 0.3) is 11.3 Å². The minimum absolute atomic E-state index is 0.124. The van der Waals surface area contributed by atoms with E-state index in [1.165, 1.54) is 27.8 Å². The lowest BCUT2D eigenvalue weighted by molar-refractivity contribution is -0.119. The highest BCUT2D eigenvalue weighted by Crippen LogP contribution is 2.34. The van der Waals surface area contributed by atoms with E-state index in [1.54, 1.807) is 23.6 Å². The summed E-state index contributed by atoms with van der Waals surface area (Å²) < 4.78 is 27.6. The maximum absolute atomic E-state index is 12.9. The van der Waals surface area contributed by atoms with Crippen molar-refractivity contribution < 1.29 is 13.2 Å². The van der Waals surface area contributed by atoms with E-state index in [4.69, 9.17) is 34.8 Å². The number of thiophene rings is 1. The molecule has 4 rings (SSSR count). The predicted molar refractivity (Wildman–Crippen MR) is 122 cm³/mol. The maximum atomic E-state index is 12.9. The molecule has 1 fully saturated rings. The molecule has 1 unspecified atom stereocenters. The van der Waals surface area contributed by atoms with Gasteiger partial charge in [0.1, 0.15) is 10.3 Å². The predicted octanol–water partition coefficient (Wildman–Crippen LogP) is 5.62. The van der Waals surface area contributed by atoms with Crippen molar-refractivity contribution in [3.63, 3.8) is 0 Å². The van der Waals surface area contributed by atoms with Crippen molar-refractivity contribution in [3.8, 4) is 11.3 Å². The van der Waals surface area contributed by atoms with Gasteiger partial charge in [-0.2, -0.15) is 4.31 Å². The number of sulfonamides is 1. The molecule has 1 aliphatic rings. The van der Waals surface area contributed by atoms with Crippen molar-refractivity contribution in [1.82, 2.24) is 9.29 Å². The monoisotopic (exact) mass is 521 g/mol. The molecular weight excluding hydrogens is 509 g/mol. The molecule has 3 heterocycles. The fourth-order valence-corrected chi connectivity index (χ4v) is 7.55. The lowest BCUT2D eigenvalue weighted by Crippen LogP contribution is -2.42. The van der Waals surface area contributed by atoms with Gasteiger partial charge < -0.3 is 5.32 Å². The van der Waals surface area contributed by atoms with Crippen LogP contribution in [0.3, 0.4) is 0 Å². The second kappa shape index (κ2) is 8.74. The number of halogens is 3. The molecule has 0 bridgehead atoms. The Morgan fingerprint density at radius 1 is 1.20 bits per heavy atom. The SMILES string of the molecule is O=C(Nc1nc(-c2cc(Cl)ccc2Cl)cs1)C1CCCN1S(=O)(=O)c1ccc(Cl)s1. The highest BCUT2D eigenvalue weighted by Gasteiger charge is 2.40. The van der Waals surface area contributed by atoms with E-state index in [-0.39, 0.29) is 10.8 Å². The zero-order chi connectivity index (χ0) is 21.5. The minimum atomic E-state index is -3.80. The summed E-state index contributed by atoms with van der Waals surface area (Å²) in [6.45, 7) is 0.275.